The zero-order valence-corrected chi connectivity index (χ0v) is 12.3. The number of hydrogen-bond donors (Lipinski definition) is 1. The number of hydrogen-bond acceptors (Lipinski definition) is 4. The molecule has 4 nitrogen and oxygen atoms in total. The molecule has 0 amide bonds. The second kappa shape index (κ2) is 7.19. The van der Waals surface area contributed by atoms with Gasteiger partial charge in [0.15, 0.2) is 0 Å². The summed E-state index contributed by atoms with van der Waals surface area (Å²) in [4.78, 5) is 11.1. The van der Waals surface area contributed by atoms with Gasteiger partial charge in [0.25, 0.3) is 0 Å². The van der Waals surface area contributed by atoms with E-state index in [4.69, 9.17) is 0 Å². The summed E-state index contributed by atoms with van der Waals surface area (Å²) in [6, 6.07) is 0. The summed E-state index contributed by atoms with van der Waals surface area (Å²) in [5.41, 5.74) is 1.24. The molecule has 0 aliphatic heterocycles. The molecule has 1 aromatic rings. The van der Waals surface area contributed by atoms with Gasteiger partial charge in [0, 0.05) is 25.7 Å². The van der Waals surface area contributed by atoms with Crippen LogP contribution in [0.2, 0.25) is 0 Å². The van der Waals surface area contributed by atoms with Crippen LogP contribution in [-0.4, -0.2) is 30.1 Å². The topological polar surface area (TPSA) is 41.1 Å². The third-order valence-electron chi connectivity index (χ3n) is 2.77. The molecule has 0 saturated carbocycles. The highest BCUT2D eigenvalue weighted by Crippen LogP contribution is 2.24. The lowest BCUT2D eigenvalue weighted by Crippen LogP contribution is -2.25. The van der Waals surface area contributed by atoms with Crippen molar-refractivity contribution in [3.8, 4) is 0 Å². The van der Waals surface area contributed by atoms with E-state index in [-0.39, 0.29) is 0 Å². The standard InChI is InChI=1S/C14H26N4/c1-6-8-12-13(15-7-2)16-10-17-14(12)18(5)9-11(3)4/h10-11H,6-9H2,1-5H3,(H,15,16,17). The van der Waals surface area contributed by atoms with Gasteiger partial charge in [-0.25, -0.2) is 9.97 Å². The van der Waals surface area contributed by atoms with Crippen molar-refractivity contribution in [1.82, 2.24) is 9.97 Å². The molecule has 1 rings (SSSR count). The molecule has 0 unspecified atom stereocenters. The molecule has 4 heteroatoms. The molecule has 1 heterocycles. The van der Waals surface area contributed by atoms with Crippen LogP contribution in [-0.2, 0) is 6.42 Å². The quantitative estimate of drug-likeness (QED) is 0.808. The predicted octanol–water partition coefficient (Wildman–Crippen LogP) is 2.95. The molecular formula is C14H26N4. The summed E-state index contributed by atoms with van der Waals surface area (Å²) in [6.45, 7) is 10.6. The molecule has 0 bridgehead atoms. The van der Waals surface area contributed by atoms with Gasteiger partial charge in [-0.3, -0.25) is 0 Å². The van der Waals surface area contributed by atoms with Gasteiger partial charge in [0.2, 0.25) is 0 Å². The van der Waals surface area contributed by atoms with Crippen molar-refractivity contribution in [2.24, 2.45) is 5.92 Å². The minimum atomic E-state index is 0.627. The van der Waals surface area contributed by atoms with Crippen molar-refractivity contribution in [3.05, 3.63) is 11.9 Å². The fourth-order valence-electron chi connectivity index (χ4n) is 2.17. The van der Waals surface area contributed by atoms with Crippen LogP contribution in [0.4, 0.5) is 11.6 Å². The summed E-state index contributed by atoms with van der Waals surface area (Å²) < 4.78 is 0. The lowest BCUT2D eigenvalue weighted by molar-refractivity contribution is 0.632. The van der Waals surface area contributed by atoms with E-state index in [1.54, 1.807) is 6.33 Å². The Morgan fingerprint density at radius 2 is 2.00 bits per heavy atom. The summed E-state index contributed by atoms with van der Waals surface area (Å²) in [5, 5.41) is 3.33. The first-order valence-electron chi connectivity index (χ1n) is 6.88. The van der Waals surface area contributed by atoms with E-state index in [1.165, 1.54) is 5.56 Å². The third-order valence-corrected chi connectivity index (χ3v) is 2.77. The van der Waals surface area contributed by atoms with Crippen molar-refractivity contribution in [2.45, 2.75) is 40.5 Å². The number of nitrogens with one attached hydrogen (secondary N) is 1. The maximum atomic E-state index is 4.47. The normalized spacial score (nSPS) is 10.8. The second-order valence-corrected chi connectivity index (χ2v) is 5.08. The van der Waals surface area contributed by atoms with Crippen molar-refractivity contribution in [1.29, 1.82) is 0 Å². The first-order valence-corrected chi connectivity index (χ1v) is 6.88. The molecule has 1 N–H and O–H groups in total. The third kappa shape index (κ3) is 3.86. The molecule has 0 atom stereocenters. The molecule has 0 aliphatic rings. The van der Waals surface area contributed by atoms with Gasteiger partial charge in [0.1, 0.15) is 18.0 Å². The fraction of sp³-hybridized carbons (Fsp3) is 0.714. The van der Waals surface area contributed by atoms with Crippen LogP contribution in [0.5, 0.6) is 0 Å². The molecule has 1 aromatic heterocycles. The first kappa shape index (κ1) is 14.7. The largest absolute Gasteiger partial charge is 0.370 e. The molecule has 0 fully saturated rings. The minimum Gasteiger partial charge on any atom is -0.370 e. The zero-order valence-electron chi connectivity index (χ0n) is 12.3. The monoisotopic (exact) mass is 250 g/mol. The summed E-state index contributed by atoms with van der Waals surface area (Å²) in [7, 11) is 2.11. The van der Waals surface area contributed by atoms with Gasteiger partial charge in [-0.2, -0.15) is 0 Å². The number of rotatable bonds is 7. The van der Waals surface area contributed by atoms with E-state index >= 15 is 0 Å². The summed E-state index contributed by atoms with van der Waals surface area (Å²) in [6.07, 6.45) is 3.78. The number of nitrogens with zero attached hydrogens (tertiary/aromatic N) is 3. The van der Waals surface area contributed by atoms with Crippen LogP contribution < -0.4 is 10.2 Å². The van der Waals surface area contributed by atoms with Crippen molar-refractivity contribution >= 4 is 11.6 Å². The van der Waals surface area contributed by atoms with Crippen LogP contribution in [0.1, 0.15) is 39.7 Å². The van der Waals surface area contributed by atoms with Crippen molar-refractivity contribution < 1.29 is 0 Å². The molecule has 0 saturated heterocycles. The minimum absolute atomic E-state index is 0.627. The van der Waals surface area contributed by atoms with Crippen molar-refractivity contribution in [2.75, 3.05) is 30.4 Å². The van der Waals surface area contributed by atoms with Crippen LogP contribution in [0.3, 0.4) is 0 Å². The van der Waals surface area contributed by atoms with Crippen molar-refractivity contribution in [3.63, 3.8) is 0 Å². The van der Waals surface area contributed by atoms with E-state index in [2.05, 4.69) is 54.9 Å². The smallest absolute Gasteiger partial charge is 0.137 e. The molecule has 0 aliphatic carbocycles. The maximum absolute atomic E-state index is 4.47. The fourth-order valence-corrected chi connectivity index (χ4v) is 2.17. The molecule has 0 radical (unpaired) electrons. The van der Waals surface area contributed by atoms with E-state index in [1.807, 2.05) is 0 Å². The van der Waals surface area contributed by atoms with Crippen LogP contribution >= 0.6 is 0 Å². The number of anilines is 2. The summed E-state index contributed by atoms with van der Waals surface area (Å²) in [5.74, 6) is 2.68. The molecule has 0 aromatic carbocycles. The lowest BCUT2D eigenvalue weighted by Gasteiger charge is -2.24. The zero-order chi connectivity index (χ0) is 13.5. The highest BCUT2D eigenvalue weighted by Gasteiger charge is 2.14. The van der Waals surface area contributed by atoms with E-state index in [0.29, 0.717) is 5.92 Å². The maximum Gasteiger partial charge on any atom is 0.137 e. The Kier molecular flexibility index (Phi) is 5.89. The Balaban J connectivity index is 3.04. The Hall–Kier alpha value is -1.32. The highest BCUT2D eigenvalue weighted by molar-refractivity contribution is 5.58. The van der Waals surface area contributed by atoms with Crippen LogP contribution in [0, 0.1) is 5.92 Å². The average Bonchev–Trinajstić information content (AvgIpc) is 2.31. The molecular weight excluding hydrogens is 224 g/mol. The molecule has 102 valence electrons. The Morgan fingerprint density at radius 1 is 1.28 bits per heavy atom. The SMILES string of the molecule is CCCc1c(NCC)ncnc1N(C)CC(C)C. The van der Waals surface area contributed by atoms with Gasteiger partial charge >= 0.3 is 0 Å². The molecule has 0 spiro atoms. The van der Waals surface area contributed by atoms with Gasteiger partial charge in [0.05, 0.1) is 0 Å². The Bertz CT molecular complexity index is 363. The van der Waals surface area contributed by atoms with Gasteiger partial charge in [-0.15, -0.1) is 0 Å². The van der Waals surface area contributed by atoms with Gasteiger partial charge < -0.3 is 10.2 Å². The van der Waals surface area contributed by atoms with E-state index in [0.717, 1.165) is 37.6 Å². The highest BCUT2D eigenvalue weighted by atomic mass is 15.2. The van der Waals surface area contributed by atoms with E-state index in [9.17, 15) is 0 Å². The van der Waals surface area contributed by atoms with Gasteiger partial charge in [-0.1, -0.05) is 27.2 Å². The lowest BCUT2D eigenvalue weighted by atomic mass is 10.1. The Labute approximate surface area is 111 Å². The second-order valence-electron chi connectivity index (χ2n) is 5.08. The van der Waals surface area contributed by atoms with Crippen LogP contribution in [0.15, 0.2) is 6.33 Å². The average molecular weight is 250 g/mol. The van der Waals surface area contributed by atoms with Crippen LogP contribution in [0.25, 0.3) is 0 Å². The van der Waals surface area contributed by atoms with Gasteiger partial charge in [-0.05, 0) is 19.3 Å². The molecule has 18 heavy (non-hydrogen) atoms. The summed E-state index contributed by atoms with van der Waals surface area (Å²) >= 11 is 0. The Morgan fingerprint density at radius 3 is 2.56 bits per heavy atom. The van der Waals surface area contributed by atoms with E-state index < -0.39 is 0 Å². The first-order chi connectivity index (χ1) is 8.60. The predicted molar refractivity (Wildman–Crippen MR) is 78.3 cm³/mol. The number of aromatic nitrogens is 2.